The minimum absolute atomic E-state index is 0.122. The van der Waals surface area contributed by atoms with Crippen LogP contribution in [0.2, 0.25) is 0 Å². The number of rotatable bonds is 8. The molecule has 142 valence electrons. The molecule has 1 amide bonds. The van der Waals surface area contributed by atoms with Crippen LogP contribution in [0.25, 0.3) is 0 Å². The van der Waals surface area contributed by atoms with Gasteiger partial charge in [-0.2, -0.15) is 0 Å². The van der Waals surface area contributed by atoms with Crippen LogP contribution in [-0.4, -0.2) is 45.4 Å². The maximum Gasteiger partial charge on any atom is 0.293 e. The lowest BCUT2D eigenvalue weighted by molar-refractivity contribution is -0.384. The summed E-state index contributed by atoms with van der Waals surface area (Å²) >= 11 is 0. The smallest absolute Gasteiger partial charge is 0.293 e. The van der Waals surface area contributed by atoms with Gasteiger partial charge in [-0.05, 0) is 25.1 Å². The first-order valence-corrected chi connectivity index (χ1v) is 9.52. The van der Waals surface area contributed by atoms with Crippen molar-refractivity contribution in [3.63, 3.8) is 0 Å². The minimum Gasteiger partial charge on any atom is -0.379 e. The van der Waals surface area contributed by atoms with E-state index in [0.717, 1.165) is 25.6 Å². The molecule has 1 aliphatic heterocycles. The number of carbonyl (C=O) groups is 1. The molecule has 1 aromatic rings. The van der Waals surface area contributed by atoms with E-state index >= 15 is 0 Å². The molecule has 0 bridgehead atoms. The summed E-state index contributed by atoms with van der Waals surface area (Å²) in [6, 6.07) is 3.32. The minimum atomic E-state index is -4.03. The largest absolute Gasteiger partial charge is 0.379 e. The van der Waals surface area contributed by atoms with Gasteiger partial charge in [-0.3, -0.25) is 14.9 Å². The second-order valence-electron chi connectivity index (χ2n) is 5.75. The summed E-state index contributed by atoms with van der Waals surface area (Å²) in [5, 5.41) is 24.9. The molecular weight excluding hydrogens is 362 g/mol. The highest BCUT2D eigenvalue weighted by Crippen LogP contribution is 2.27. The first-order valence-electron chi connectivity index (χ1n) is 7.98. The van der Waals surface area contributed by atoms with E-state index in [9.17, 15) is 23.3 Å². The highest BCUT2D eigenvalue weighted by atomic mass is 32.2. The number of nitro benzene ring substituents is 1. The lowest BCUT2D eigenvalue weighted by atomic mass is 10.1. The fourth-order valence-corrected chi connectivity index (χ4v) is 2.96. The summed E-state index contributed by atoms with van der Waals surface area (Å²) in [6.07, 6.45) is 3.05. The summed E-state index contributed by atoms with van der Waals surface area (Å²) in [7, 11) is -4.03. The standard InChI is InChI=1S/C15H21N5O5S/c16-26(24,25)12-1-2-13(14(9-12)20(22)23)18-8-5-15(21)19-10-11-3-6-17-7-4-11/h1-3,9,17-18H,4-8,10H2,(H,19,21)(H2,16,24,25). The number of hydrogen-bond donors (Lipinski definition) is 4. The van der Waals surface area contributed by atoms with Crippen LogP contribution in [0.5, 0.6) is 0 Å². The van der Waals surface area contributed by atoms with Crippen LogP contribution in [0.15, 0.2) is 34.7 Å². The van der Waals surface area contributed by atoms with Gasteiger partial charge < -0.3 is 16.0 Å². The van der Waals surface area contributed by atoms with E-state index in [4.69, 9.17) is 5.14 Å². The van der Waals surface area contributed by atoms with Crippen LogP contribution in [0.1, 0.15) is 12.8 Å². The summed E-state index contributed by atoms with van der Waals surface area (Å²) in [6.45, 7) is 2.35. The van der Waals surface area contributed by atoms with Gasteiger partial charge in [0.05, 0.1) is 9.82 Å². The van der Waals surface area contributed by atoms with Gasteiger partial charge in [0, 0.05) is 32.1 Å². The third kappa shape index (κ3) is 5.79. The van der Waals surface area contributed by atoms with Gasteiger partial charge in [-0.1, -0.05) is 11.6 Å². The number of nitrogens with two attached hydrogens (primary N) is 1. The zero-order chi connectivity index (χ0) is 19.2. The van der Waals surface area contributed by atoms with Crippen LogP contribution in [-0.2, 0) is 14.8 Å². The molecule has 1 heterocycles. The molecule has 0 fully saturated rings. The molecule has 5 N–H and O–H groups in total. The summed E-state index contributed by atoms with van der Waals surface area (Å²) in [5.74, 6) is -0.180. The Labute approximate surface area is 151 Å². The normalized spacial score (nSPS) is 14.4. The molecule has 0 aromatic heterocycles. The Bertz CT molecular complexity index is 822. The Morgan fingerprint density at radius 1 is 1.38 bits per heavy atom. The van der Waals surface area contributed by atoms with E-state index in [2.05, 4.69) is 16.0 Å². The molecule has 0 atom stereocenters. The predicted molar refractivity (Wildman–Crippen MR) is 96.2 cm³/mol. The number of nitro groups is 1. The number of hydrogen-bond acceptors (Lipinski definition) is 7. The van der Waals surface area contributed by atoms with Gasteiger partial charge in [-0.25, -0.2) is 13.6 Å². The van der Waals surface area contributed by atoms with Crippen molar-refractivity contribution in [1.29, 1.82) is 0 Å². The molecule has 0 aliphatic carbocycles. The summed E-state index contributed by atoms with van der Waals surface area (Å²) < 4.78 is 22.6. The first kappa shape index (κ1) is 19.8. The Kier molecular flexibility index (Phi) is 6.66. The molecule has 1 aliphatic rings. The number of primary sulfonamides is 1. The van der Waals surface area contributed by atoms with Crippen molar-refractivity contribution in [2.75, 3.05) is 31.5 Å². The average molecular weight is 383 g/mol. The Morgan fingerprint density at radius 3 is 2.77 bits per heavy atom. The van der Waals surface area contributed by atoms with Crippen LogP contribution in [0.4, 0.5) is 11.4 Å². The lowest BCUT2D eigenvalue weighted by Crippen LogP contribution is -2.30. The molecule has 0 saturated heterocycles. The van der Waals surface area contributed by atoms with Crippen molar-refractivity contribution in [2.45, 2.75) is 17.7 Å². The van der Waals surface area contributed by atoms with Crippen molar-refractivity contribution >= 4 is 27.3 Å². The monoisotopic (exact) mass is 383 g/mol. The van der Waals surface area contributed by atoms with E-state index < -0.39 is 20.6 Å². The number of benzene rings is 1. The number of nitrogens with one attached hydrogen (secondary N) is 3. The van der Waals surface area contributed by atoms with Crippen molar-refractivity contribution in [2.24, 2.45) is 5.14 Å². The number of anilines is 1. The summed E-state index contributed by atoms with van der Waals surface area (Å²) in [4.78, 5) is 21.9. The van der Waals surface area contributed by atoms with Gasteiger partial charge in [0.15, 0.2) is 0 Å². The molecule has 1 aromatic carbocycles. The molecule has 26 heavy (non-hydrogen) atoms. The maximum atomic E-state index is 11.9. The van der Waals surface area contributed by atoms with E-state index in [1.165, 1.54) is 17.7 Å². The Balaban J connectivity index is 1.89. The second-order valence-corrected chi connectivity index (χ2v) is 7.31. The lowest BCUT2D eigenvalue weighted by Gasteiger charge is -2.14. The number of carbonyl (C=O) groups excluding carboxylic acids is 1. The van der Waals surface area contributed by atoms with Gasteiger partial charge in [-0.15, -0.1) is 0 Å². The maximum absolute atomic E-state index is 11.9. The van der Waals surface area contributed by atoms with Gasteiger partial charge >= 0.3 is 0 Å². The van der Waals surface area contributed by atoms with E-state index in [0.29, 0.717) is 6.54 Å². The zero-order valence-corrected chi connectivity index (χ0v) is 14.8. The average Bonchev–Trinajstić information content (AvgIpc) is 2.60. The van der Waals surface area contributed by atoms with E-state index in [-0.39, 0.29) is 29.5 Å². The van der Waals surface area contributed by atoms with Crippen molar-refractivity contribution in [1.82, 2.24) is 10.6 Å². The highest BCUT2D eigenvalue weighted by Gasteiger charge is 2.19. The molecule has 2 rings (SSSR count). The fraction of sp³-hybridized carbons (Fsp3) is 0.400. The molecular formula is C15H21N5O5S. The van der Waals surface area contributed by atoms with Crippen molar-refractivity contribution in [3.8, 4) is 0 Å². The zero-order valence-electron chi connectivity index (χ0n) is 14.0. The Morgan fingerprint density at radius 2 is 2.15 bits per heavy atom. The quantitative estimate of drug-likeness (QED) is 0.281. The molecule has 0 spiro atoms. The van der Waals surface area contributed by atoms with Crippen LogP contribution < -0.4 is 21.1 Å². The van der Waals surface area contributed by atoms with Crippen molar-refractivity contribution < 1.29 is 18.1 Å². The molecule has 11 heteroatoms. The summed E-state index contributed by atoms with van der Waals surface area (Å²) in [5.41, 5.74) is 0.868. The molecule has 0 saturated carbocycles. The van der Waals surface area contributed by atoms with Crippen LogP contribution in [0, 0.1) is 10.1 Å². The van der Waals surface area contributed by atoms with Gasteiger partial charge in [0.1, 0.15) is 5.69 Å². The SMILES string of the molecule is NS(=O)(=O)c1ccc(NCCC(=O)NCC2=CCNCC2)c([N+](=O)[O-])c1. The van der Waals surface area contributed by atoms with E-state index in [1.807, 2.05) is 6.08 Å². The number of sulfonamides is 1. The number of amides is 1. The predicted octanol–water partition coefficient (Wildman–Crippen LogP) is 0.0801. The van der Waals surface area contributed by atoms with Gasteiger partial charge in [0.25, 0.3) is 5.69 Å². The highest BCUT2D eigenvalue weighted by molar-refractivity contribution is 7.89. The molecule has 10 nitrogen and oxygen atoms in total. The second kappa shape index (κ2) is 8.74. The topological polar surface area (TPSA) is 156 Å². The fourth-order valence-electron chi connectivity index (χ4n) is 2.43. The number of nitrogens with zero attached hydrogens (tertiary/aromatic N) is 1. The van der Waals surface area contributed by atoms with Crippen molar-refractivity contribution in [3.05, 3.63) is 40.0 Å². The Hall–Kier alpha value is -2.50. The third-order valence-corrected chi connectivity index (χ3v) is 4.74. The van der Waals surface area contributed by atoms with Gasteiger partial charge in [0.2, 0.25) is 15.9 Å². The third-order valence-electron chi connectivity index (χ3n) is 3.83. The molecule has 0 unspecified atom stereocenters. The van der Waals surface area contributed by atoms with Crippen LogP contribution >= 0.6 is 0 Å². The van der Waals surface area contributed by atoms with Crippen LogP contribution in [0.3, 0.4) is 0 Å². The van der Waals surface area contributed by atoms with E-state index in [1.54, 1.807) is 0 Å². The molecule has 0 radical (unpaired) electrons. The first-order chi connectivity index (χ1) is 12.3.